The van der Waals surface area contributed by atoms with Gasteiger partial charge in [0.1, 0.15) is 11.6 Å². The Morgan fingerprint density at radius 1 is 1.33 bits per heavy atom. The molecule has 0 spiro atoms. The number of carboxylic acid groups (broad SMARTS) is 1. The van der Waals surface area contributed by atoms with Crippen LogP contribution in [0.1, 0.15) is 34.1 Å². The van der Waals surface area contributed by atoms with Gasteiger partial charge in [-0.2, -0.15) is 0 Å². The average Bonchev–Trinajstić information content (AvgIpc) is 2.12. The Morgan fingerprint density at radius 2 is 1.83 bits per heavy atom. The second-order valence-electron chi connectivity index (χ2n) is 4.98. The number of esters is 1. The highest BCUT2D eigenvalue weighted by atomic mass is 16.6. The summed E-state index contributed by atoms with van der Waals surface area (Å²) >= 11 is 0. The van der Waals surface area contributed by atoms with Gasteiger partial charge in [-0.1, -0.05) is 0 Å². The molecule has 0 aromatic heterocycles. The van der Waals surface area contributed by atoms with Crippen LogP contribution in [0.5, 0.6) is 0 Å². The largest absolute Gasteiger partial charge is 0.480 e. The van der Waals surface area contributed by atoms with Crippen LogP contribution in [0.3, 0.4) is 0 Å². The zero-order valence-electron chi connectivity index (χ0n) is 11.0. The lowest BCUT2D eigenvalue weighted by molar-refractivity contribution is -0.158. The van der Waals surface area contributed by atoms with E-state index in [1.54, 1.807) is 20.8 Å². The third-order valence-electron chi connectivity index (χ3n) is 1.82. The number of amides is 1. The zero-order valence-corrected chi connectivity index (χ0v) is 11.0. The van der Waals surface area contributed by atoms with Crippen molar-refractivity contribution in [1.29, 1.82) is 0 Å². The van der Waals surface area contributed by atoms with E-state index in [1.165, 1.54) is 6.92 Å². The number of nitrogens with two attached hydrogens (primary N) is 1. The summed E-state index contributed by atoms with van der Waals surface area (Å²) in [5.41, 5.74) is 4.59. The van der Waals surface area contributed by atoms with Crippen molar-refractivity contribution in [2.45, 2.75) is 51.8 Å². The predicted octanol–water partition coefficient (Wildman–Crippen LogP) is -0.365. The molecule has 2 atom stereocenters. The van der Waals surface area contributed by atoms with Crippen LogP contribution in [0.4, 0.5) is 0 Å². The standard InChI is InChI=1S/C11H20N2O5/c1-6(12)9(15)13-7(10(16)17)5-8(14)18-11(2,3)4/h6-7H,5,12H2,1-4H3,(H,13,15)(H,16,17)/t6-,7-/m0/s1. The summed E-state index contributed by atoms with van der Waals surface area (Å²) in [5.74, 6) is -2.64. The van der Waals surface area contributed by atoms with Gasteiger partial charge in [0.25, 0.3) is 0 Å². The van der Waals surface area contributed by atoms with Gasteiger partial charge in [-0.15, -0.1) is 0 Å². The highest BCUT2D eigenvalue weighted by molar-refractivity contribution is 5.89. The number of rotatable bonds is 5. The van der Waals surface area contributed by atoms with Gasteiger partial charge in [0, 0.05) is 0 Å². The van der Waals surface area contributed by atoms with E-state index in [9.17, 15) is 14.4 Å². The maximum absolute atomic E-state index is 11.5. The molecule has 0 heterocycles. The summed E-state index contributed by atoms with van der Waals surface area (Å²) in [6.07, 6.45) is -0.439. The van der Waals surface area contributed by atoms with Crippen LogP contribution < -0.4 is 11.1 Å². The molecule has 0 bridgehead atoms. The van der Waals surface area contributed by atoms with Crippen molar-refractivity contribution in [2.24, 2.45) is 5.73 Å². The van der Waals surface area contributed by atoms with Gasteiger partial charge in [-0.3, -0.25) is 9.59 Å². The van der Waals surface area contributed by atoms with Crippen molar-refractivity contribution in [3.8, 4) is 0 Å². The first-order valence-electron chi connectivity index (χ1n) is 5.53. The number of ether oxygens (including phenoxy) is 1. The second kappa shape index (κ2) is 6.34. The Hall–Kier alpha value is -1.63. The van der Waals surface area contributed by atoms with Crippen molar-refractivity contribution in [1.82, 2.24) is 5.32 Å². The van der Waals surface area contributed by atoms with E-state index in [4.69, 9.17) is 15.6 Å². The van der Waals surface area contributed by atoms with Gasteiger partial charge in [0.05, 0.1) is 12.5 Å². The Labute approximate surface area is 106 Å². The summed E-state index contributed by atoms with van der Waals surface area (Å²) in [4.78, 5) is 33.6. The molecule has 0 rings (SSSR count). The zero-order chi connectivity index (χ0) is 14.5. The smallest absolute Gasteiger partial charge is 0.326 e. The Bertz CT molecular complexity index is 333. The van der Waals surface area contributed by atoms with Crippen molar-refractivity contribution in [3.05, 3.63) is 0 Å². The molecule has 18 heavy (non-hydrogen) atoms. The fourth-order valence-electron chi connectivity index (χ4n) is 1.05. The highest BCUT2D eigenvalue weighted by Crippen LogP contribution is 2.09. The Balaban J connectivity index is 4.51. The molecule has 0 saturated carbocycles. The van der Waals surface area contributed by atoms with Crippen LogP contribution >= 0.6 is 0 Å². The van der Waals surface area contributed by atoms with Crippen molar-refractivity contribution >= 4 is 17.8 Å². The average molecular weight is 260 g/mol. The molecule has 104 valence electrons. The molecule has 0 aromatic carbocycles. The number of carbonyl (C=O) groups is 3. The lowest BCUT2D eigenvalue weighted by Crippen LogP contribution is -2.48. The molecule has 0 aliphatic carbocycles. The molecular weight excluding hydrogens is 240 g/mol. The first-order valence-corrected chi connectivity index (χ1v) is 5.53. The number of carbonyl (C=O) groups excluding carboxylic acids is 2. The monoisotopic (exact) mass is 260 g/mol. The summed E-state index contributed by atoms with van der Waals surface area (Å²) in [7, 11) is 0. The van der Waals surface area contributed by atoms with Crippen molar-refractivity contribution < 1.29 is 24.2 Å². The van der Waals surface area contributed by atoms with E-state index in [1.807, 2.05) is 0 Å². The first kappa shape index (κ1) is 16.4. The maximum atomic E-state index is 11.5. The summed E-state index contributed by atoms with van der Waals surface area (Å²) < 4.78 is 4.98. The Kier molecular flexibility index (Phi) is 5.77. The summed E-state index contributed by atoms with van der Waals surface area (Å²) in [6.45, 7) is 6.42. The normalized spacial score (nSPS) is 14.5. The SMILES string of the molecule is C[C@H](N)C(=O)N[C@@H](CC(=O)OC(C)(C)C)C(=O)O. The molecule has 7 heteroatoms. The van der Waals surface area contributed by atoms with Crippen LogP contribution in [0, 0.1) is 0 Å². The molecule has 0 saturated heterocycles. The number of aliphatic carboxylic acids is 1. The molecular formula is C11H20N2O5. The molecule has 0 unspecified atom stereocenters. The topological polar surface area (TPSA) is 119 Å². The van der Waals surface area contributed by atoms with E-state index in [0.717, 1.165) is 0 Å². The highest BCUT2D eigenvalue weighted by Gasteiger charge is 2.27. The van der Waals surface area contributed by atoms with Gasteiger partial charge in [-0.25, -0.2) is 4.79 Å². The summed E-state index contributed by atoms with van der Waals surface area (Å²) in [6, 6.07) is -2.18. The summed E-state index contributed by atoms with van der Waals surface area (Å²) in [5, 5.41) is 11.1. The van der Waals surface area contributed by atoms with E-state index in [-0.39, 0.29) is 0 Å². The third kappa shape index (κ3) is 6.85. The van der Waals surface area contributed by atoms with Crippen LogP contribution in [0.2, 0.25) is 0 Å². The van der Waals surface area contributed by atoms with Gasteiger partial charge >= 0.3 is 11.9 Å². The van der Waals surface area contributed by atoms with E-state index >= 15 is 0 Å². The van der Waals surface area contributed by atoms with Crippen LogP contribution in [0.15, 0.2) is 0 Å². The minimum atomic E-state index is -1.33. The second-order valence-corrected chi connectivity index (χ2v) is 4.98. The Morgan fingerprint density at radius 3 is 2.17 bits per heavy atom. The predicted molar refractivity (Wildman–Crippen MR) is 63.7 cm³/mol. The van der Waals surface area contributed by atoms with Crippen LogP contribution in [0.25, 0.3) is 0 Å². The molecule has 7 nitrogen and oxygen atoms in total. The quantitative estimate of drug-likeness (QED) is 0.580. The first-order chi connectivity index (χ1) is 8.03. The molecule has 0 fully saturated rings. The van der Waals surface area contributed by atoms with Crippen molar-refractivity contribution in [3.63, 3.8) is 0 Å². The van der Waals surface area contributed by atoms with Gasteiger partial charge < -0.3 is 20.9 Å². The minimum absolute atomic E-state index is 0.439. The van der Waals surface area contributed by atoms with E-state index < -0.39 is 42.0 Å². The number of hydrogen-bond acceptors (Lipinski definition) is 5. The third-order valence-corrected chi connectivity index (χ3v) is 1.82. The van der Waals surface area contributed by atoms with E-state index in [2.05, 4.69) is 5.32 Å². The molecule has 0 aliphatic heterocycles. The minimum Gasteiger partial charge on any atom is -0.480 e. The number of carboxylic acids is 1. The molecule has 1 amide bonds. The molecule has 4 N–H and O–H groups in total. The number of hydrogen-bond donors (Lipinski definition) is 3. The molecule has 0 radical (unpaired) electrons. The molecule has 0 aromatic rings. The van der Waals surface area contributed by atoms with Gasteiger partial charge in [0.15, 0.2) is 0 Å². The van der Waals surface area contributed by atoms with Gasteiger partial charge in [-0.05, 0) is 27.7 Å². The fourth-order valence-corrected chi connectivity index (χ4v) is 1.05. The lowest BCUT2D eigenvalue weighted by Gasteiger charge is -2.21. The van der Waals surface area contributed by atoms with Crippen LogP contribution in [-0.2, 0) is 19.1 Å². The maximum Gasteiger partial charge on any atom is 0.326 e. The van der Waals surface area contributed by atoms with E-state index in [0.29, 0.717) is 0 Å². The molecule has 0 aliphatic rings. The van der Waals surface area contributed by atoms with Crippen molar-refractivity contribution in [2.75, 3.05) is 0 Å². The number of nitrogens with one attached hydrogen (secondary N) is 1. The van der Waals surface area contributed by atoms with Gasteiger partial charge in [0.2, 0.25) is 5.91 Å². The van der Waals surface area contributed by atoms with Crippen LogP contribution in [-0.4, -0.2) is 40.6 Å². The fraction of sp³-hybridized carbons (Fsp3) is 0.727. The lowest BCUT2D eigenvalue weighted by atomic mass is 10.1.